The Balaban J connectivity index is 2.10. The first-order valence-corrected chi connectivity index (χ1v) is 8.50. The highest BCUT2D eigenvalue weighted by atomic mass is 32.2. The first-order valence-electron chi connectivity index (χ1n) is 6.68. The lowest BCUT2D eigenvalue weighted by molar-refractivity contribution is 0.558. The summed E-state index contributed by atoms with van der Waals surface area (Å²) in [7, 11) is -3.14. The fourth-order valence-corrected chi connectivity index (χ4v) is 4.68. The Morgan fingerprint density at radius 2 is 1.89 bits per heavy atom. The number of halogens is 1. The summed E-state index contributed by atoms with van der Waals surface area (Å²) in [5.41, 5.74) is 6.75. The molecule has 0 bridgehead atoms. The van der Waals surface area contributed by atoms with E-state index in [1.54, 1.807) is 0 Å². The quantitative estimate of drug-likeness (QED) is 0.903. The number of hydrogen-bond donors (Lipinski definition) is 1. The fourth-order valence-electron chi connectivity index (χ4n) is 2.76. The number of benzene rings is 1. The minimum Gasteiger partial charge on any atom is -0.326 e. The second kappa shape index (κ2) is 6.01. The predicted octanol–water partition coefficient (Wildman–Crippen LogP) is 2.39. The molecule has 5 heteroatoms. The van der Waals surface area contributed by atoms with E-state index in [0.717, 1.165) is 25.7 Å². The van der Waals surface area contributed by atoms with Gasteiger partial charge in [-0.1, -0.05) is 18.9 Å². The summed E-state index contributed by atoms with van der Waals surface area (Å²) >= 11 is 0. The highest BCUT2D eigenvalue weighted by Crippen LogP contribution is 2.27. The average Bonchev–Trinajstić information content (AvgIpc) is 2.83. The molecule has 2 N–H and O–H groups in total. The number of nitrogens with two attached hydrogens (primary N) is 1. The van der Waals surface area contributed by atoms with Crippen molar-refractivity contribution in [3.05, 3.63) is 35.1 Å². The third-order valence-corrected chi connectivity index (χ3v) is 5.46. The van der Waals surface area contributed by atoms with Crippen molar-refractivity contribution in [3.8, 4) is 0 Å². The highest BCUT2D eigenvalue weighted by molar-refractivity contribution is 7.90. The predicted molar refractivity (Wildman–Crippen MR) is 73.7 cm³/mol. The van der Waals surface area contributed by atoms with Crippen molar-refractivity contribution in [2.75, 3.05) is 5.75 Å². The molecule has 0 spiro atoms. The van der Waals surface area contributed by atoms with Gasteiger partial charge < -0.3 is 5.73 Å². The van der Waals surface area contributed by atoms with Crippen LogP contribution in [0.1, 0.15) is 36.8 Å². The Bertz CT molecular complexity index is 536. The minimum absolute atomic E-state index is 0.0314. The monoisotopic (exact) mass is 285 g/mol. The van der Waals surface area contributed by atoms with E-state index in [2.05, 4.69) is 0 Å². The zero-order valence-electron chi connectivity index (χ0n) is 10.9. The molecule has 0 saturated heterocycles. The molecule has 1 fully saturated rings. The Hall–Kier alpha value is -0.940. The van der Waals surface area contributed by atoms with Crippen molar-refractivity contribution in [1.82, 2.24) is 0 Å². The lowest BCUT2D eigenvalue weighted by Gasteiger charge is -2.12. The first-order chi connectivity index (χ1) is 9.00. The second-order valence-electron chi connectivity index (χ2n) is 5.32. The van der Waals surface area contributed by atoms with Gasteiger partial charge in [0.1, 0.15) is 5.82 Å². The molecule has 1 aliphatic carbocycles. The second-order valence-corrected chi connectivity index (χ2v) is 7.43. The van der Waals surface area contributed by atoms with Crippen molar-refractivity contribution in [3.63, 3.8) is 0 Å². The summed E-state index contributed by atoms with van der Waals surface area (Å²) in [6, 6.07) is 4.14. The van der Waals surface area contributed by atoms with Gasteiger partial charge in [0.15, 0.2) is 9.84 Å². The summed E-state index contributed by atoms with van der Waals surface area (Å²) in [5.74, 6) is 0.134. The SMILES string of the molecule is NCc1cc(F)ccc1CS(=O)(=O)CC1CCCC1. The van der Waals surface area contributed by atoms with E-state index < -0.39 is 9.84 Å². The van der Waals surface area contributed by atoms with Gasteiger partial charge in [-0.2, -0.15) is 0 Å². The molecule has 2 rings (SSSR count). The van der Waals surface area contributed by atoms with Crippen molar-refractivity contribution in [2.45, 2.75) is 38.0 Å². The van der Waals surface area contributed by atoms with Crippen LogP contribution in [0.4, 0.5) is 4.39 Å². The van der Waals surface area contributed by atoms with Gasteiger partial charge in [0.2, 0.25) is 0 Å². The fraction of sp³-hybridized carbons (Fsp3) is 0.571. The zero-order chi connectivity index (χ0) is 13.9. The molecule has 0 atom stereocenters. The molecule has 19 heavy (non-hydrogen) atoms. The topological polar surface area (TPSA) is 60.2 Å². The van der Waals surface area contributed by atoms with E-state index in [4.69, 9.17) is 5.73 Å². The van der Waals surface area contributed by atoms with Crippen LogP contribution in [0.25, 0.3) is 0 Å². The molecule has 1 aromatic carbocycles. The van der Waals surface area contributed by atoms with E-state index in [0.29, 0.717) is 17.0 Å². The molecule has 1 aromatic rings. The van der Waals surface area contributed by atoms with Crippen molar-refractivity contribution in [2.24, 2.45) is 11.7 Å². The molecular weight excluding hydrogens is 265 g/mol. The maximum Gasteiger partial charge on any atom is 0.154 e. The molecule has 0 unspecified atom stereocenters. The van der Waals surface area contributed by atoms with Gasteiger partial charge >= 0.3 is 0 Å². The molecule has 106 valence electrons. The Kier molecular flexibility index (Phi) is 4.58. The van der Waals surface area contributed by atoms with Gasteiger partial charge in [0, 0.05) is 6.54 Å². The maximum absolute atomic E-state index is 13.1. The lowest BCUT2D eigenvalue weighted by atomic mass is 10.1. The maximum atomic E-state index is 13.1. The van der Waals surface area contributed by atoms with Gasteiger partial charge in [0.05, 0.1) is 11.5 Å². The van der Waals surface area contributed by atoms with Crippen LogP contribution >= 0.6 is 0 Å². The van der Waals surface area contributed by atoms with Crippen LogP contribution in [-0.2, 0) is 22.1 Å². The number of hydrogen-bond acceptors (Lipinski definition) is 3. The zero-order valence-corrected chi connectivity index (χ0v) is 11.8. The first kappa shape index (κ1) is 14.5. The smallest absolute Gasteiger partial charge is 0.154 e. The van der Waals surface area contributed by atoms with E-state index in [1.165, 1.54) is 18.2 Å². The van der Waals surface area contributed by atoms with E-state index >= 15 is 0 Å². The summed E-state index contributed by atoms with van der Waals surface area (Å²) in [5, 5.41) is 0. The Morgan fingerprint density at radius 1 is 1.21 bits per heavy atom. The third-order valence-electron chi connectivity index (χ3n) is 3.73. The molecule has 0 radical (unpaired) electrons. The van der Waals surface area contributed by atoms with Gasteiger partial charge in [-0.25, -0.2) is 12.8 Å². The van der Waals surface area contributed by atoms with E-state index in [9.17, 15) is 12.8 Å². The molecule has 0 aromatic heterocycles. The third kappa shape index (κ3) is 4.01. The van der Waals surface area contributed by atoms with E-state index in [1.807, 2.05) is 0 Å². The summed E-state index contributed by atoms with van der Waals surface area (Å²) in [4.78, 5) is 0. The van der Waals surface area contributed by atoms with E-state index in [-0.39, 0.29) is 23.9 Å². The molecule has 3 nitrogen and oxygen atoms in total. The van der Waals surface area contributed by atoms with Crippen LogP contribution in [0.5, 0.6) is 0 Å². The highest BCUT2D eigenvalue weighted by Gasteiger charge is 2.23. The number of sulfone groups is 1. The number of rotatable bonds is 5. The summed E-state index contributed by atoms with van der Waals surface area (Å²) in [6.45, 7) is 0.159. The van der Waals surface area contributed by atoms with Crippen LogP contribution < -0.4 is 5.73 Å². The van der Waals surface area contributed by atoms with Crippen LogP contribution in [0.3, 0.4) is 0 Å². The van der Waals surface area contributed by atoms with Gasteiger partial charge in [0.25, 0.3) is 0 Å². The van der Waals surface area contributed by atoms with Crippen LogP contribution in [0, 0.1) is 11.7 Å². The van der Waals surface area contributed by atoms with Crippen molar-refractivity contribution >= 4 is 9.84 Å². The lowest BCUT2D eigenvalue weighted by Crippen LogP contribution is -2.17. The van der Waals surface area contributed by atoms with Crippen LogP contribution in [-0.4, -0.2) is 14.2 Å². The molecule has 0 heterocycles. The molecule has 1 saturated carbocycles. The van der Waals surface area contributed by atoms with Crippen LogP contribution in [0.2, 0.25) is 0 Å². The van der Waals surface area contributed by atoms with Crippen molar-refractivity contribution < 1.29 is 12.8 Å². The Labute approximate surface area is 113 Å². The standard InChI is InChI=1S/C14H20FNO2S/c15-14-6-5-12(13(7-14)8-16)10-19(17,18)9-11-3-1-2-4-11/h5-7,11H,1-4,8-10,16H2. The van der Waals surface area contributed by atoms with Crippen molar-refractivity contribution in [1.29, 1.82) is 0 Å². The molecule has 1 aliphatic rings. The van der Waals surface area contributed by atoms with Crippen LogP contribution in [0.15, 0.2) is 18.2 Å². The average molecular weight is 285 g/mol. The largest absolute Gasteiger partial charge is 0.326 e. The molecule has 0 aliphatic heterocycles. The summed E-state index contributed by atoms with van der Waals surface area (Å²) < 4.78 is 37.4. The van der Waals surface area contributed by atoms with Gasteiger partial charge in [-0.15, -0.1) is 0 Å². The summed E-state index contributed by atoms with van der Waals surface area (Å²) in [6.07, 6.45) is 4.27. The molecule has 0 amide bonds. The Morgan fingerprint density at radius 3 is 2.53 bits per heavy atom. The minimum atomic E-state index is -3.14. The van der Waals surface area contributed by atoms with Gasteiger partial charge in [-0.05, 0) is 42.0 Å². The normalized spacial score (nSPS) is 16.9. The van der Waals surface area contributed by atoms with Gasteiger partial charge in [-0.3, -0.25) is 0 Å². The molecular formula is C14H20FNO2S.